The summed E-state index contributed by atoms with van der Waals surface area (Å²) in [5.41, 5.74) is 9.60. The Balaban J connectivity index is 2.12. The lowest BCUT2D eigenvalue weighted by Crippen LogP contribution is -2.11. The van der Waals surface area contributed by atoms with Crippen molar-refractivity contribution in [2.24, 2.45) is 0 Å². The monoisotopic (exact) mass is 280 g/mol. The summed E-state index contributed by atoms with van der Waals surface area (Å²) in [6.45, 7) is 0. The molecular formula is C15H12N4O2. The molecule has 0 aliphatic rings. The number of nitrogen functional groups attached to an aromatic ring is 1. The number of anilines is 3. The van der Waals surface area contributed by atoms with Gasteiger partial charge in [-0.25, -0.2) is 4.79 Å². The molecule has 0 saturated carbocycles. The molecule has 0 aliphatic carbocycles. The lowest BCUT2D eigenvalue weighted by Gasteiger charge is -2.21. The first-order valence-electron chi connectivity index (χ1n) is 6.25. The highest BCUT2D eigenvalue weighted by atomic mass is 16.4. The molecule has 6 nitrogen and oxygen atoms in total. The highest BCUT2D eigenvalue weighted by Crippen LogP contribution is 2.32. The van der Waals surface area contributed by atoms with E-state index in [0.29, 0.717) is 22.4 Å². The fraction of sp³-hybridized carbons (Fsp3) is 0.0667. The second-order valence-electron chi connectivity index (χ2n) is 4.64. The molecule has 0 unspecified atom stereocenters. The van der Waals surface area contributed by atoms with Gasteiger partial charge in [0.25, 0.3) is 0 Å². The van der Waals surface area contributed by atoms with Gasteiger partial charge in [0.15, 0.2) is 5.58 Å². The number of oxazole rings is 1. The number of hydrogen-bond donors (Lipinski definition) is 2. The molecule has 0 bridgehead atoms. The molecular weight excluding hydrogens is 268 g/mol. The normalized spacial score (nSPS) is 10.5. The van der Waals surface area contributed by atoms with E-state index in [0.717, 1.165) is 11.4 Å². The number of aromatic amines is 1. The Labute approximate surface area is 120 Å². The van der Waals surface area contributed by atoms with Gasteiger partial charge in [0.05, 0.1) is 28.5 Å². The van der Waals surface area contributed by atoms with Gasteiger partial charge in [0.2, 0.25) is 0 Å². The second kappa shape index (κ2) is 4.72. The standard InChI is InChI=1S/C15H12N4O2/c1-19(10-4-2-3-9(5-10)8-16)13-7-12-14(6-11(13)17)21-15(20)18-12/h2-7H,17H2,1H3,(H,18,20). The van der Waals surface area contributed by atoms with Gasteiger partial charge in [0, 0.05) is 18.8 Å². The number of nitriles is 1. The minimum atomic E-state index is -0.518. The summed E-state index contributed by atoms with van der Waals surface area (Å²) in [7, 11) is 1.84. The van der Waals surface area contributed by atoms with E-state index < -0.39 is 5.76 Å². The Hall–Kier alpha value is -3.20. The molecule has 3 N–H and O–H groups in total. The molecule has 1 aromatic heterocycles. The van der Waals surface area contributed by atoms with Crippen LogP contribution in [0.4, 0.5) is 17.1 Å². The van der Waals surface area contributed by atoms with Crippen LogP contribution in [0.15, 0.2) is 45.6 Å². The highest BCUT2D eigenvalue weighted by molar-refractivity contribution is 5.87. The van der Waals surface area contributed by atoms with Crippen LogP contribution in [-0.2, 0) is 0 Å². The average molecular weight is 280 g/mol. The molecule has 0 saturated heterocycles. The van der Waals surface area contributed by atoms with Crippen molar-refractivity contribution in [2.75, 3.05) is 17.7 Å². The third kappa shape index (κ3) is 2.21. The summed E-state index contributed by atoms with van der Waals surface area (Å²) in [4.78, 5) is 15.7. The second-order valence-corrected chi connectivity index (χ2v) is 4.64. The van der Waals surface area contributed by atoms with Gasteiger partial charge >= 0.3 is 5.76 Å². The molecule has 3 aromatic rings. The van der Waals surface area contributed by atoms with Gasteiger partial charge in [-0.05, 0) is 24.3 Å². The van der Waals surface area contributed by atoms with Crippen molar-refractivity contribution in [3.8, 4) is 6.07 Å². The molecule has 6 heteroatoms. The van der Waals surface area contributed by atoms with E-state index in [1.165, 1.54) is 0 Å². The predicted molar refractivity (Wildman–Crippen MR) is 80.5 cm³/mol. The molecule has 0 fully saturated rings. The topological polar surface area (TPSA) is 99.0 Å². The molecule has 3 rings (SSSR count). The molecule has 2 aromatic carbocycles. The third-order valence-corrected chi connectivity index (χ3v) is 3.29. The third-order valence-electron chi connectivity index (χ3n) is 3.29. The fourth-order valence-electron chi connectivity index (χ4n) is 2.22. The molecule has 21 heavy (non-hydrogen) atoms. The van der Waals surface area contributed by atoms with Gasteiger partial charge < -0.3 is 15.1 Å². The minimum absolute atomic E-state index is 0.417. The van der Waals surface area contributed by atoms with Crippen molar-refractivity contribution in [3.05, 3.63) is 52.5 Å². The number of fused-ring (bicyclic) bond motifs is 1. The summed E-state index contributed by atoms with van der Waals surface area (Å²) < 4.78 is 4.97. The Morgan fingerprint density at radius 2 is 2.14 bits per heavy atom. The van der Waals surface area contributed by atoms with Crippen molar-refractivity contribution in [2.45, 2.75) is 0 Å². The van der Waals surface area contributed by atoms with E-state index in [2.05, 4.69) is 11.1 Å². The van der Waals surface area contributed by atoms with E-state index >= 15 is 0 Å². The van der Waals surface area contributed by atoms with Crippen molar-refractivity contribution in [1.82, 2.24) is 4.98 Å². The first-order valence-corrected chi connectivity index (χ1v) is 6.25. The van der Waals surface area contributed by atoms with E-state index in [1.807, 2.05) is 18.0 Å². The number of H-pyrrole nitrogens is 1. The first kappa shape index (κ1) is 12.8. The van der Waals surface area contributed by atoms with Crippen LogP contribution in [-0.4, -0.2) is 12.0 Å². The van der Waals surface area contributed by atoms with Crippen LogP contribution in [0.3, 0.4) is 0 Å². The smallest absolute Gasteiger partial charge is 0.408 e. The first-order chi connectivity index (χ1) is 10.1. The van der Waals surface area contributed by atoms with Gasteiger partial charge in [-0.2, -0.15) is 5.26 Å². The summed E-state index contributed by atoms with van der Waals surface area (Å²) >= 11 is 0. The van der Waals surface area contributed by atoms with E-state index in [9.17, 15) is 4.79 Å². The number of aromatic nitrogens is 1. The van der Waals surface area contributed by atoms with Crippen molar-refractivity contribution in [1.29, 1.82) is 5.26 Å². The van der Waals surface area contributed by atoms with Crippen LogP contribution in [0, 0.1) is 11.3 Å². The SMILES string of the molecule is CN(c1cccc(C#N)c1)c1cc2[nH]c(=O)oc2cc1N. The Morgan fingerprint density at radius 3 is 2.90 bits per heavy atom. The molecule has 0 atom stereocenters. The quantitative estimate of drug-likeness (QED) is 0.702. The lowest BCUT2D eigenvalue weighted by molar-refractivity contribution is 0.555. The summed E-state index contributed by atoms with van der Waals surface area (Å²) in [6.07, 6.45) is 0. The maximum Gasteiger partial charge on any atom is 0.417 e. The molecule has 0 aliphatic heterocycles. The summed E-state index contributed by atoms with van der Waals surface area (Å²) in [5.74, 6) is -0.518. The van der Waals surface area contributed by atoms with Gasteiger partial charge in [-0.3, -0.25) is 4.98 Å². The Bertz CT molecular complexity index is 917. The van der Waals surface area contributed by atoms with Gasteiger partial charge in [-0.15, -0.1) is 0 Å². The summed E-state index contributed by atoms with van der Waals surface area (Å²) in [5, 5.41) is 8.97. The Morgan fingerprint density at radius 1 is 1.33 bits per heavy atom. The predicted octanol–water partition coefficient (Wildman–Crippen LogP) is 2.34. The van der Waals surface area contributed by atoms with Gasteiger partial charge in [0.1, 0.15) is 0 Å². The van der Waals surface area contributed by atoms with Crippen LogP contribution >= 0.6 is 0 Å². The highest BCUT2D eigenvalue weighted by Gasteiger charge is 2.12. The lowest BCUT2D eigenvalue weighted by atomic mass is 10.1. The molecule has 1 heterocycles. The van der Waals surface area contributed by atoms with Gasteiger partial charge in [-0.1, -0.05) is 6.07 Å². The molecule has 0 amide bonds. The van der Waals surface area contributed by atoms with Crippen molar-refractivity contribution >= 4 is 28.2 Å². The number of benzene rings is 2. The largest absolute Gasteiger partial charge is 0.417 e. The molecule has 0 spiro atoms. The zero-order valence-electron chi connectivity index (χ0n) is 11.3. The molecule has 0 radical (unpaired) electrons. The van der Waals surface area contributed by atoms with Crippen LogP contribution in [0.2, 0.25) is 0 Å². The number of nitrogens with zero attached hydrogens (tertiary/aromatic N) is 2. The maximum absolute atomic E-state index is 11.2. The Kier molecular flexibility index (Phi) is 2.88. The number of nitrogens with one attached hydrogen (secondary N) is 1. The maximum atomic E-state index is 11.2. The van der Waals surface area contributed by atoms with Crippen LogP contribution in [0.5, 0.6) is 0 Å². The molecule has 104 valence electrons. The summed E-state index contributed by atoms with van der Waals surface area (Å²) in [6, 6.07) is 12.6. The minimum Gasteiger partial charge on any atom is -0.408 e. The zero-order valence-corrected chi connectivity index (χ0v) is 11.3. The van der Waals surface area contributed by atoms with Crippen molar-refractivity contribution in [3.63, 3.8) is 0 Å². The van der Waals surface area contributed by atoms with E-state index in [4.69, 9.17) is 15.4 Å². The van der Waals surface area contributed by atoms with Crippen molar-refractivity contribution < 1.29 is 4.42 Å². The number of rotatable bonds is 2. The number of hydrogen-bond acceptors (Lipinski definition) is 5. The number of nitrogens with two attached hydrogens (primary N) is 1. The van der Waals surface area contributed by atoms with Crippen LogP contribution in [0.25, 0.3) is 11.1 Å². The van der Waals surface area contributed by atoms with Crippen LogP contribution < -0.4 is 16.4 Å². The van der Waals surface area contributed by atoms with E-state index in [-0.39, 0.29) is 0 Å². The zero-order chi connectivity index (χ0) is 15.0. The average Bonchev–Trinajstić information content (AvgIpc) is 2.84. The van der Waals surface area contributed by atoms with Crippen LogP contribution in [0.1, 0.15) is 5.56 Å². The fourth-order valence-corrected chi connectivity index (χ4v) is 2.22. The van der Waals surface area contributed by atoms with E-state index in [1.54, 1.807) is 30.3 Å².